The third-order valence-electron chi connectivity index (χ3n) is 2.65. The summed E-state index contributed by atoms with van der Waals surface area (Å²) in [7, 11) is 0. The van der Waals surface area contributed by atoms with Crippen LogP contribution in [-0.4, -0.2) is 40.6 Å². The first kappa shape index (κ1) is 14.8. The Bertz CT molecular complexity index is 490. The highest BCUT2D eigenvalue weighted by molar-refractivity contribution is 7.09. The van der Waals surface area contributed by atoms with E-state index in [1.54, 1.807) is 5.38 Å². The van der Waals surface area contributed by atoms with Crippen molar-refractivity contribution >= 4 is 23.2 Å². The molecule has 1 aliphatic rings. The van der Waals surface area contributed by atoms with E-state index >= 15 is 0 Å². The summed E-state index contributed by atoms with van der Waals surface area (Å²) in [6, 6.07) is 0. The molecule has 0 aliphatic carbocycles. The summed E-state index contributed by atoms with van der Waals surface area (Å²) in [5.74, 6) is -1.40. The van der Waals surface area contributed by atoms with Gasteiger partial charge in [0, 0.05) is 24.4 Å². The van der Waals surface area contributed by atoms with Crippen LogP contribution in [0.5, 0.6) is 0 Å². The van der Waals surface area contributed by atoms with E-state index in [2.05, 4.69) is 4.98 Å². The third-order valence-corrected chi connectivity index (χ3v) is 3.42. The number of thiazole rings is 1. The van der Waals surface area contributed by atoms with Crippen LogP contribution in [-0.2, 0) is 20.9 Å². The average molecular weight is 308 g/mol. The fraction of sp³-hybridized carbons (Fsp3) is 0.545. The van der Waals surface area contributed by atoms with E-state index in [4.69, 9.17) is 4.74 Å². The minimum atomic E-state index is -4.52. The summed E-state index contributed by atoms with van der Waals surface area (Å²) >= 11 is 1.16. The predicted octanol–water partition coefficient (Wildman–Crippen LogP) is 1.74. The molecular formula is C11H11F3N2O3S. The van der Waals surface area contributed by atoms with Crippen molar-refractivity contribution < 1.29 is 27.5 Å². The second-order valence-corrected chi connectivity index (χ2v) is 5.23. The summed E-state index contributed by atoms with van der Waals surface area (Å²) in [5, 5.41) is 2.01. The number of carbonyl (C=O) groups excluding carboxylic acids is 2. The highest BCUT2D eigenvalue weighted by Crippen LogP contribution is 2.23. The number of aromatic nitrogens is 1. The molecule has 1 fully saturated rings. The second kappa shape index (κ2) is 5.78. The van der Waals surface area contributed by atoms with Gasteiger partial charge in [-0.25, -0.2) is 4.98 Å². The number of nitrogens with zero attached hydrogens (tertiary/aromatic N) is 2. The molecule has 2 heterocycles. The molecule has 0 unspecified atom stereocenters. The maximum atomic E-state index is 12.5. The molecule has 0 saturated carbocycles. The van der Waals surface area contributed by atoms with Gasteiger partial charge in [0.1, 0.15) is 11.6 Å². The van der Waals surface area contributed by atoms with Crippen molar-refractivity contribution in [3.8, 4) is 0 Å². The summed E-state index contributed by atoms with van der Waals surface area (Å²) in [4.78, 5) is 27.5. The van der Waals surface area contributed by atoms with Gasteiger partial charge in [-0.15, -0.1) is 11.3 Å². The zero-order chi connectivity index (χ0) is 14.8. The van der Waals surface area contributed by atoms with Gasteiger partial charge in [-0.05, 0) is 0 Å². The summed E-state index contributed by atoms with van der Waals surface area (Å²) in [6.07, 6.45) is -4.02. The van der Waals surface area contributed by atoms with Crippen molar-refractivity contribution in [1.29, 1.82) is 0 Å². The highest BCUT2D eigenvalue weighted by atomic mass is 32.1. The van der Waals surface area contributed by atoms with Crippen LogP contribution >= 0.6 is 11.3 Å². The number of ether oxygens (including phenoxy) is 1. The molecule has 0 radical (unpaired) electrons. The first-order valence-electron chi connectivity index (χ1n) is 5.78. The van der Waals surface area contributed by atoms with Gasteiger partial charge in [0.05, 0.1) is 6.54 Å². The van der Waals surface area contributed by atoms with Crippen LogP contribution in [0.4, 0.5) is 13.2 Å². The van der Waals surface area contributed by atoms with Gasteiger partial charge in [-0.3, -0.25) is 9.59 Å². The molecule has 0 spiro atoms. The van der Waals surface area contributed by atoms with Gasteiger partial charge in [-0.1, -0.05) is 0 Å². The minimum Gasteiger partial charge on any atom is -0.452 e. The Labute approximate surface area is 116 Å². The number of rotatable bonds is 4. The molecule has 110 valence electrons. The highest BCUT2D eigenvalue weighted by Gasteiger charge is 2.39. The van der Waals surface area contributed by atoms with Crippen molar-refractivity contribution in [2.24, 2.45) is 0 Å². The van der Waals surface area contributed by atoms with E-state index in [0.717, 1.165) is 11.3 Å². The normalized spacial score (nSPS) is 18.9. The molecule has 1 amide bonds. The molecule has 0 N–H and O–H groups in total. The van der Waals surface area contributed by atoms with Gasteiger partial charge in [0.2, 0.25) is 0 Å². The molecule has 1 saturated heterocycles. The number of hydrogen-bond donors (Lipinski definition) is 0. The first-order valence-corrected chi connectivity index (χ1v) is 6.66. The van der Waals surface area contributed by atoms with Gasteiger partial charge in [-0.2, -0.15) is 13.2 Å². The fourth-order valence-corrected chi connectivity index (χ4v) is 2.46. The summed E-state index contributed by atoms with van der Waals surface area (Å²) < 4.78 is 42.3. The minimum absolute atomic E-state index is 0.0491. The molecule has 20 heavy (non-hydrogen) atoms. The maximum Gasteiger partial charge on any atom is 0.406 e. The predicted molar refractivity (Wildman–Crippen MR) is 62.7 cm³/mol. The Morgan fingerprint density at radius 1 is 1.55 bits per heavy atom. The lowest BCUT2D eigenvalue weighted by molar-refractivity contribution is -0.170. The lowest BCUT2D eigenvalue weighted by Gasteiger charge is -2.25. The van der Waals surface area contributed by atoms with Gasteiger partial charge < -0.3 is 9.64 Å². The molecule has 1 aliphatic heterocycles. The zero-order valence-corrected chi connectivity index (χ0v) is 11.0. The monoisotopic (exact) mass is 308 g/mol. The van der Waals surface area contributed by atoms with Crippen LogP contribution in [0.25, 0.3) is 0 Å². The molecule has 0 aromatic carbocycles. The van der Waals surface area contributed by atoms with Crippen LogP contribution in [0, 0.1) is 0 Å². The lowest BCUT2D eigenvalue weighted by Crippen LogP contribution is -2.43. The molecule has 0 bridgehead atoms. The van der Waals surface area contributed by atoms with E-state index in [-0.39, 0.29) is 19.4 Å². The van der Waals surface area contributed by atoms with E-state index in [1.165, 1.54) is 6.20 Å². The molecule has 5 nitrogen and oxygen atoms in total. The largest absolute Gasteiger partial charge is 0.452 e. The van der Waals surface area contributed by atoms with E-state index in [0.29, 0.717) is 9.91 Å². The second-order valence-electron chi connectivity index (χ2n) is 4.25. The molecule has 2 rings (SSSR count). The van der Waals surface area contributed by atoms with E-state index < -0.39 is 30.7 Å². The number of carbonyl (C=O) groups is 2. The van der Waals surface area contributed by atoms with Crippen LogP contribution < -0.4 is 0 Å². The van der Waals surface area contributed by atoms with Crippen molar-refractivity contribution in [3.05, 3.63) is 16.6 Å². The maximum absolute atomic E-state index is 12.5. The first-order chi connectivity index (χ1) is 9.35. The van der Waals surface area contributed by atoms with Crippen molar-refractivity contribution in [1.82, 2.24) is 9.88 Å². The number of alkyl halides is 3. The van der Waals surface area contributed by atoms with Gasteiger partial charge in [0.25, 0.3) is 5.91 Å². The van der Waals surface area contributed by atoms with Crippen molar-refractivity contribution in [2.75, 3.05) is 6.54 Å². The Morgan fingerprint density at radius 3 is 2.80 bits per heavy atom. The van der Waals surface area contributed by atoms with Crippen molar-refractivity contribution in [2.45, 2.75) is 31.7 Å². The number of esters is 1. The zero-order valence-electron chi connectivity index (χ0n) is 10.2. The Morgan fingerprint density at radius 2 is 2.30 bits per heavy atom. The topological polar surface area (TPSA) is 59.5 Å². The summed E-state index contributed by atoms with van der Waals surface area (Å²) in [6.45, 7) is -1.64. The van der Waals surface area contributed by atoms with Crippen molar-refractivity contribution in [3.63, 3.8) is 0 Å². The van der Waals surface area contributed by atoms with E-state index in [1.807, 2.05) is 0 Å². The lowest BCUT2D eigenvalue weighted by atomic mass is 10.2. The smallest absolute Gasteiger partial charge is 0.406 e. The number of halogens is 3. The van der Waals surface area contributed by atoms with Gasteiger partial charge in [0.15, 0.2) is 6.10 Å². The van der Waals surface area contributed by atoms with Crippen LogP contribution in [0.1, 0.15) is 17.8 Å². The molecule has 1 atom stereocenters. The number of hydrogen-bond acceptors (Lipinski definition) is 5. The van der Waals surface area contributed by atoms with Crippen LogP contribution in [0.2, 0.25) is 0 Å². The molecule has 9 heteroatoms. The molecule has 1 aromatic heterocycles. The number of cyclic esters (lactones) is 1. The SMILES string of the molecule is O=C1CC[C@@H](C(=O)N(Cc2nccs2)CC(F)(F)F)O1. The van der Waals surface area contributed by atoms with Gasteiger partial charge >= 0.3 is 12.1 Å². The standard InChI is InChI=1S/C11H11F3N2O3S/c12-11(13,14)6-16(5-8-15-3-4-20-8)10(18)7-1-2-9(17)19-7/h3-4,7H,1-2,5-6H2/t7-/m0/s1. The number of amides is 1. The van der Waals surface area contributed by atoms with E-state index in [9.17, 15) is 22.8 Å². The quantitative estimate of drug-likeness (QED) is 0.795. The molecule has 1 aromatic rings. The van der Waals surface area contributed by atoms with Crippen LogP contribution in [0.15, 0.2) is 11.6 Å². The Balaban J connectivity index is 2.08. The Hall–Kier alpha value is -1.64. The fourth-order valence-electron chi connectivity index (χ4n) is 1.83. The molecular weight excluding hydrogens is 297 g/mol. The van der Waals surface area contributed by atoms with Crippen LogP contribution in [0.3, 0.4) is 0 Å². The average Bonchev–Trinajstić information content (AvgIpc) is 2.97. The Kier molecular flexibility index (Phi) is 4.26. The third kappa shape index (κ3) is 3.92. The summed E-state index contributed by atoms with van der Waals surface area (Å²) in [5.41, 5.74) is 0.